The van der Waals surface area contributed by atoms with E-state index in [4.69, 9.17) is 9.47 Å². The van der Waals surface area contributed by atoms with E-state index < -0.39 is 12.1 Å². The number of ether oxygens (including phenoxy) is 2. The average molecular weight is 324 g/mol. The lowest BCUT2D eigenvalue weighted by Gasteiger charge is -2.13. The summed E-state index contributed by atoms with van der Waals surface area (Å²) in [5.74, 6) is 0.341. The van der Waals surface area contributed by atoms with E-state index in [0.717, 1.165) is 0 Å². The SMILES string of the molecule is C[C@H](OC(=O)COc1ccccc1)c1nc2ccccc2c(=O)[nH]1. The second-order valence-corrected chi connectivity index (χ2v) is 5.20. The van der Waals surface area contributed by atoms with Crippen LogP contribution in [0.15, 0.2) is 59.4 Å². The Balaban J connectivity index is 1.67. The van der Waals surface area contributed by atoms with E-state index in [1.54, 1.807) is 43.3 Å². The maximum absolute atomic E-state index is 12.0. The van der Waals surface area contributed by atoms with Gasteiger partial charge in [0.15, 0.2) is 18.5 Å². The molecule has 1 atom stereocenters. The third kappa shape index (κ3) is 3.60. The third-order valence-electron chi connectivity index (χ3n) is 3.42. The Bertz CT molecular complexity index is 906. The maximum atomic E-state index is 12.0. The fourth-order valence-electron chi connectivity index (χ4n) is 2.24. The van der Waals surface area contributed by atoms with E-state index in [1.165, 1.54) is 0 Å². The molecule has 0 saturated carbocycles. The number of fused-ring (bicyclic) bond motifs is 1. The molecule has 0 aliphatic heterocycles. The van der Waals surface area contributed by atoms with Gasteiger partial charge in [0.1, 0.15) is 5.75 Å². The van der Waals surface area contributed by atoms with Crippen molar-refractivity contribution < 1.29 is 14.3 Å². The van der Waals surface area contributed by atoms with E-state index in [1.807, 2.05) is 18.2 Å². The number of nitrogens with zero attached hydrogens (tertiary/aromatic N) is 1. The highest BCUT2D eigenvalue weighted by Crippen LogP contribution is 2.15. The van der Waals surface area contributed by atoms with Crippen LogP contribution in [0.1, 0.15) is 18.9 Å². The Morgan fingerprint density at radius 1 is 1.12 bits per heavy atom. The predicted octanol–water partition coefficient (Wildman–Crippen LogP) is 2.61. The van der Waals surface area contributed by atoms with Crippen LogP contribution < -0.4 is 10.3 Å². The van der Waals surface area contributed by atoms with Crippen molar-refractivity contribution in [3.63, 3.8) is 0 Å². The minimum atomic E-state index is -0.686. The lowest BCUT2D eigenvalue weighted by atomic mass is 10.2. The summed E-state index contributed by atoms with van der Waals surface area (Å²) < 4.78 is 10.6. The molecule has 1 heterocycles. The molecule has 0 radical (unpaired) electrons. The van der Waals surface area contributed by atoms with E-state index in [9.17, 15) is 9.59 Å². The van der Waals surface area contributed by atoms with Gasteiger partial charge in [0.25, 0.3) is 5.56 Å². The van der Waals surface area contributed by atoms with E-state index in [2.05, 4.69) is 9.97 Å². The molecule has 0 unspecified atom stereocenters. The second kappa shape index (κ2) is 6.95. The summed E-state index contributed by atoms with van der Waals surface area (Å²) in [5.41, 5.74) is 0.290. The molecule has 6 nitrogen and oxygen atoms in total. The van der Waals surface area contributed by atoms with Crippen LogP contribution >= 0.6 is 0 Å². The van der Waals surface area contributed by atoms with Crippen LogP contribution in [0, 0.1) is 0 Å². The Kier molecular flexibility index (Phi) is 4.56. The summed E-state index contributed by atoms with van der Waals surface area (Å²) in [7, 11) is 0. The number of aromatic nitrogens is 2. The van der Waals surface area contributed by atoms with Crippen LogP contribution in [-0.2, 0) is 9.53 Å². The minimum Gasteiger partial charge on any atom is -0.482 e. The maximum Gasteiger partial charge on any atom is 0.344 e. The number of H-pyrrole nitrogens is 1. The van der Waals surface area contributed by atoms with Gasteiger partial charge in [0, 0.05) is 0 Å². The number of carbonyl (C=O) groups excluding carboxylic acids is 1. The quantitative estimate of drug-likeness (QED) is 0.730. The second-order valence-electron chi connectivity index (χ2n) is 5.20. The van der Waals surface area contributed by atoms with Gasteiger partial charge in [-0.25, -0.2) is 9.78 Å². The molecule has 2 aromatic carbocycles. The number of para-hydroxylation sites is 2. The lowest BCUT2D eigenvalue weighted by molar-refractivity contribution is -0.151. The van der Waals surface area contributed by atoms with Gasteiger partial charge < -0.3 is 14.5 Å². The van der Waals surface area contributed by atoms with Crippen LogP contribution in [-0.4, -0.2) is 22.5 Å². The summed E-state index contributed by atoms with van der Waals surface area (Å²) in [6, 6.07) is 16.0. The number of hydrogen-bond acceptors (Lipinski definition) is 5. The zero-order valence-electron chi connectivity index (χ0n) is 13.1. The number of hydrogen-bond donors (Lipinski definition) is 1. The third-order valence-corrected chi connectivity index (χ3v) is 3.42. The molecule has 0 spiro atoms. The smallest absolute Gasteiger partial charge is 0.344 e. The van der Waals surface area contributed by atoms with Gasteiger partial charge in [0.2, 0.25) is 0 Å². The van der Waals surface area contributed by atoms with Crippen molar-refractivity contribution in [3.05, 3.63) is 70.8 Å². The summed E-state index contributed by atoms with van der Waals surface area (Å²) in [6.07, 6.45) is -0.686. The number of esters is 1. The van der Waals surface area contributed by atoms with E-state index in [0.29, 0.717) is 22.5 Å². The highest BCUT2D eigenvalue weighted by Gasteiger charge is 2.16. The average Bonchev–Trinajstić information content (AvgIpc) is 2.61. The first-order chi connectivity index (χ1) is 11.6. The molecule has 0 amide bonds. The van der Waals surface area contributed by atoms with Crippen molar-refractivity contribution in [3.8, 4) is 5.75 Å². The molecular formula is C18H16N2O4. The van der Waals surface area contributed by atoms with Crippen LogP contribution in [0.3, 0.4) is 0 Å². The summed E-state index contributed by atoms with van der Waals surface area (Å²) >= 11 is 0. The molecule has 24 heavy (non-hydrogen) atoms. The van der Waals surface area contributed by atoms with Gasteiger partial charge in [-0.15, -0.1) is 0 Å². The van der Waals surface area contributed by atoms with Gasteiger partial charge in [-0.1, -0.05) is 30.3 Å². The predicted molar refractivity (Wildman–Crippen MR) is 88.8 cm³/mol. The van der Waals surface area contributed by atoms with Crippen LogP contribution in [0.5, 0.6) is 5.75 Å². The summed E-state index contributed by atoms with van der Waals surface area (Å²) in [5, 5.41) is 0.493. The Morgan fingerprint density at radius 2 is 1.83 bits per heavy atom. The van der Waals surface area contributed by atoms with Crippen molar-refractivity contribution in [2.24, 2.45) is 0 Å². The number of nitrogens with one attached hydrogen (secondary N) is 1. The van der Waals surface area contributed by atoms with Crippen molar-refractivity contribution in [1.82, 2.24) is 9.97 Å². The molecule has 3 aromatic rings. The number of aromatic amines is 1. The standard InChI is InChI=1S/C18H16N2O4/c1-12(24-16(21)11-23-13-7-3-2-4-8-13)17-19-15-10-6-5-9-14(15)18(22)20-17/h2-10,12H,11H2,1H3,(H,19,20,22)/t12-/m0/s1. The fraction of sp³-hybridized carbons (Fsp3) is 0.167. The van der Waals surface area contributed by atoms with Crippen molar-refractivity contribution in [2.45, 2.75) is 13.0 Å². The van der Waals surface area contributed by atoms with E-state index >= 15 is 0 Å². The molecule has 122 valence electrons. The summed E-state index contributed by atoms with van der Waals surface area (Å²) in [4.78, 5) is 30.9. The Hall–Kier alpha value is -3.15. The molecule has 0 bridgehead atoms. The van der Waals surface area contributed by atoms with E-state index in [-0.39, 0.29) is 12.2 Å². The van der Waals surface area contributed by atoms with Crippen molar-refractivity contribution in [2.75, 3.05) is 6.61 Å². The first-order valence-electron chi connectivity index (χ1n) is 7.50. The largest absolute Gasteiger partial charge is 0.482 e. The van der Waals surface area contributed by atoms with Gasteiger partial charge >= 0.3 is 5.97 Å². The molecule has 0 aliphatic carbocycles. The van der Waals surface area contributed by atoms with Gasteiger partial charge in [-0.2, -0.15) is 0 Å². The zero-order valence-corrected chi connectivity index (χ0v) is 13.1. The minimum absolute atomic E-state index is 0.216. The molecular weight excluding hydrogens is 308 g/mol. The molecule has 0 saturated heterocycles. The topological polar surface area (TPSA) is 81.3 Å². The number of rotatable bonds is 5. The van der Waals surface area contributed by atoms with Gasteiger partial charge in [-0.05, 0) is 31.2 Å². The van der Waals surface area contributed by atoms with Gasteiger partial charge in [0.05, 0.1) is 10.9 Å². The molecule has 3 rings (SSSR count). The fourth-order valence-corrected chi connectivity index (χ4v) is 2.24. The van der Waals surface area contributed by atoms with Crippen molar-refractivity contribution in [1.29, 1.82) is 0 Å². The molecule has 0 fully saturated rings. The number of carbonyl (C=O) groups is 1. The highest BCUT2D eigenvalue weighted by molar-refractivity contribution is 5.77. The number of benzene rings is 2. The molecule has 1 aromatic heterocycles. The monoisotopic (exact) mass is 324 g/mol. The molecule has 6 heteroatoms. The van der Waals surface area contributed by atoms with Gasteiger partial charge in [-0.3, -0.25) is 4.79 Å². The molecule has 1 N–H and O–H groups in total. The molecule has 0 aliphatic rings. The summed E-state index contributed by atoms with van der Waals surface area (Å²) in [6.45, 7) is 1.43. The zero-order chi connectivity index (χ0) is 16.9. The lowest BCUT2D eigenvalue weighted by Crippen LogP contribution is -2.20. The van der Waals surface area contributed by atoms with Crippen molar-refractivity contribution >= 4 is 16.9 Å². The highest BCUT2D eigenvalue weighted by atomic mass is 16.6. The Labute approximate surface area is 138 Å². The first kappa shape index (κ1) is 15.7. The van der Waals surface area contributed by atoms with Crippen LogP contribution in [0.4, 0.5) is 0 Å². The van der Waals surface area contributed by atoms with Crippen LogP contribution in [0.2, 0.25) is 0 Å². The van der Waals surface area contributed by atoms with Crippen LogP contribution in [0.25, 0.3) is 10.9 Å². The normalized spacial score (nSPS) is 11.9. The first-order valence-corrected chi connectivity index (χ1v) is 7.50. The Morgan fingerprint density at radius 3 is 2.62 bits per heavy atom.